The minimum Gasteiger partial charge on any atom is -0.444 e. The number of nitrogens with one attached hydrogen (secondary N) is 1. The first-order chi connectivity index (χ1) is 8.58. The van der Waals surface area contributed by atoms with E-state index in [4.69, 9.17) is 4.42 Å². The molecule has 0 bridgehead atoms. The summed E-state index contributed by atoms with van der Waals surface area (Å²) in [5.41, 5.74) is 0. The third-order valence-corrected chi connectivity index (χ3v) is 3.33. The zero-order chi connectivity index (χ0) is 13.1. The average molecular weight is 251 g/mol. The van der Waals surface area contributed by atoms with Crippen LogP contribution in [0.15, 0.2) is 10.6 Å². The van der Waals surface area contributed by atoms with Crippen molar-refractivity contribution in [1.29, 1.82) is 0 Å². The number of carbonyl (C=O) groups is 1. The van der Waals surface area contributed by atoms with Gasteiger partial charge in [0.25, 0.3) is 0 Å². The van der Waals surface area contributed by atoms with Crippen LogP contribution < -0.4 is 5.32 Å². The summed E-state index contributed by atoms with van der Waals surface area (Å²) in [6, 6.07) is 0.261. The van der Waals surface area contributed by atoms with Crippen LogP contribution in [0.3, 0.4) is 0 Å². The predicted octanol–water partition coefficient (Wildman–Crippen LogP) is 1.51. The fourth-order valence-corrected chi connectivity index (χ4v) is 2.21. The van der Waals surface area contributed by atoms with Crippen LogP contribution in [0.4, 0.5) is 0 Å². The molecule has 1 aromatic rings. The van der Waals surface area contributed by atoms with Crippen molar-refractivity contribution in [3.05, 3.63) is 17.8 Å². The normalized spacial score (nSPS) is 19.4. The lowest BCUT2D eigenvalue weighted by Crippen LogP contribution is -2.39. The number of hydrogen-bond acceptors (Lipinski definition) is 4. The number of nitrogens with zero attached hydrogens (tertiary/aromatic N) is 2. The molecule has 0 spiro atoms. The highest BCUT2D eigenvalue weighted by Gasteiger charge is 2.25. The molecule has 1 fully saturated rings. The van der Waals surface area contributed by atoms with Crippen molar-refractivity contribution >= 4 is 5.91 Å². The molecule has 0 aliphatic carbocycles. The van der Waals surface area contributed by atoms with Gasteiger partial charge in [-0.15, -0.1) is 0 Å². The van der Waals surface area contributed by atoms with Crippen LogP contribution >= 0.6 is 0 Å². The van der Waals surface area contributed by atoms with Gasteiger partial charge in [0.15, 0.2) is 0 Å². The van der Waals surface area contributed by atoms with Crippen LogP contribution in [0.2, 0.25) is 0 Å². The Bertz CT molecular complexity index is 408. The maximum absolute atomic E-state index is 11.7. The number of carbonyl (C=O) groups excluding carboxylic acids is 1. The predicted molar refractivity (Wildman–Crippen MR) is 68.1 cm³/mol. The molecular weight excluding hydrogens is 230 g/mol. The molecule has 2 rings (SSSR count). The Morgan fingerprint density at radius 1 is 1.67 bits per heavy atom. The van der Waals surface area contributed by atoms with Gasteiger partial charge in [-0.2, -0.15) is 0 Å². The molecule has 0 saturated carbocycles. The van der Waals surface area contributed by atoms with E-state index in [2.05, 4.69) is 24.1 Å². The van der Waals surface area contributed by atoms with E-state index >= 15 is 0 Å². The topological polar surface area (TPSA) is 58.4 Å². The summed E-state index contributed by atoms with van der Waals surface area (Å²) in [4.78, 5) is 17.8. The lowest BCUT2D eigenvalue weighted by Gasteiger charge is -2.25. The summed E-state index contributed by atoms with van der Waals surface area (Å²) >= 11 is 0. The molecule has 18 heavy (non-hydrogen) atoms. The molecule has 1 aromatic heterocycles. The Morgan fingerprint density at radius 3 is 2.94 bits per heavy atom. The van der Waals surface area contributed by atoms with Crippen LogP contribution in [0.1, 0.15) is 44.8 Å². The summed E-state index contributed by atoms with van der Waals surface area (Å²) in [5.74, 6) is 1.90. The van der Waals surface area contributed by atoms with E-state index in [9.17, 15) is 4.79 Å². The Balaban J connectivity index is 2.05. The number of rotatable bonds is 4. The van der Waals surface area contributed by atoms with Crippen molar-refractivity contribution < 1.29 is 9.21 Å². The SMILES string of the molecule is CC(=O)N(Cc1ncc(C(C)C)o1)C1CCNC1. The maximum atomic E-state index is 11.7. The van der Waals surface area contributed by atoms with Crippen molar-refractivity contribution in [2.24, 2.45) is 0 Å². The molecular formula is C13H21N3O2. The second-order valence-electron chi connectivity index (χ2n) is 5.10. The largest absolute Gasteiger partial charge is 0.444 e. The quantitative estimate of drug-likeness (QED) is 0.881. The summed E-state index contributed by atoms with van der Waals surface area (Å²) < 4.78 is 5.66. The number of oxazole rings is 1. The molecule has 5 heteroatoms. The molecule has 1 atom stereocenters. The van der Waals surface area contributed by atoms with Crippen LogP contribution in [0.25, 0.3) is 0 Å². The van der Waals surface area contributed by atoms with Gasteiger partial charge in [0.1, 0.15) is 5.76 Å². The molecule has 1 amide bonds. The number of amides is 1. The van der Waals surface area contributed by atoms with Gasteiger partial charge >= 0.3 is 0 Å². The number of aromatic nitrogens is 1. The summed E-state index contributed by atoms with van der Waals surface area (Å²) in [5, 5.41) is 3.27. The summed E-state index contributed by atoms with van der Waals surface area (Å²) in [6.07, 6.45) is 2.75. The maximum Gasteiger partial charge on any atom is 0.220 e. The van der Waals surface area contributed by atoms with Gasteiger partial charge in [0, 0.05) is 25.4 Å². The van der Waals surface area contributed by atoms with E-state index < -0.39 is 0 Å². The summed E-state index contributed by atoms with van der Waals surface area (Å²) in [7, 11) is 0. The smallest absolute Gasteiger partial charge is 0.220 e. The van der Waals surface area contributed by atoms with E-state index in [0.29, 0.717) is 18.4 Å². The van der Waals surface area contributed by atoms with Gasteiger partial charge in [0.05, 0.1) is 12.7 Å². The molecule has 0 aromatic carbocycles. The van der Waals surface area contributed by atoms with Crippen LogP contribution in [-0.4, -0.2) is 34.9 Å². The molecule has 0 radical (unpaired) electrons. The van der Waals surface area contributed by atoms with Crippen molar-refractivity contribution in [3.8, 4) is 0 Å². The minimum absolute atomic E-state index is 0.0768. The van der Waals surface area contributed by atoms with Crippen LogP contribution in [0.5, 0.6) is 0 Å². The zero-order valence-electron chi connectivity index (χ0n) is 11.3. The molecule has 2 heterocycles. The Labute approximate surface area is 108 Å². The molecule has 1 unspecified atom stereocenters. The highest BCUT2D eigenvalue weighted by molar-refractivity contribution is 5.73. The lowest BCUT2D eigenvalue weighted by molar-refractivity contribution is -0.131. The second-order valence-corrected chi connectivity index (χ2v) is 5.10. The molecule has 1 N–H and O–H groups in total. The lowest BCUT2D eigenvalue weighted by atomic mass is 10.2. The third-order valence-electron chi connectivity index (χ3n) is 3.33. The Kier molecular flexibility index (Phi) is 4.01. The third kappa shape index (κ3) is 2.90. The first-order valence-electron chi connectivity index (χ1n) is 6.50. The minimum atomic E-state index is 0.0768. The molecule has 1 saturated heterocycles. The first kappa shape index (κ1) is 13.1. The number of hydrogen-bond donors (Lipinski definition) is 1. The highest BCUT2D eigenvalue weighted by atomic mass is 16.4. The fraction of sp³-hybridized carbons (Fsp3) is 0.692. The van der Waals surface area contributed by atoms with Gasteiger partial charge in [-0.05, 0) is 13.0 Å². The van der Waals surface area contributed by atoms with E-state index in [0.717, 1.165) is 25.3 Å². The van der Waals surface area contributed by atoms with Gasteiger partial charge < -0.3 is 14.6 Å². The van der Waals surface area contributed by atoms with Crippen molar-refractivity contribution in [2.75, 3.05) is 13.1 Å². The van der Waals surface area contributed by atoms with Gasteiger partial charge in [-0.25, -0.2) is 4.98 Å². The van der Waals surface area contributed by atoms with E-state index in [1.807, 2.05) is 4.90 Å². The van der Waals surface area contributed by atoms with E-state index in [1.54, 1.807) is 13.1 Å². The van der Waals surface area contributed by atoms with Crippen LogP contribution in [0, 0.1) is 0 Å². The van der Waals surface area contributed by atoms with Crippen molar-refractivity contribution in [1.82, 2.24) is 15.2 Å². The average Bonchev–Trinajstić information content (AvgIpc) is 2.96. The van der Waals surface area contributed by atoms with Gasteiger partial charge in [-0.1, -0.05) is 13.8 Å². The first-order valence-corrected chi connectivity index (χ1v) is 6.50. The Morgan fingerprint density at radius 2 is 2.44 bits per heavy atom. The molecule has 5 nitrogen and oxygen atoms in total. The van der Waals surface area contributed by atoms with Gasteiger partial charge in [0.2, 0.25) is 11.8 Å². The molecule has 1 aliphatic rings. The van der Waals surface area contributed by atoms with E-state index in [-0.39, 0.29) is 11.9 Å². The molecule has 100 valence electrons. The highest BCUT2D eigenvalue weighted by Crippen LogP contribution is 2.18. The summed E-state index contributed by atoms with van der Waals surface area (Å²) in [6.45, 7) is 8.02. The van der Waals surface area contributed by atoms with E-state index in [1.165, 1.54) is 0 Å². The van der Waals surface area contributed by atoms with Crippen molar-refractivity contribution in [2.45, 2.75) is 45.7 Å². The standard InChI is InChI=1S/C13H21N3O2/c1-9(2)12-7-15-13(18-12)8-16(10(3)17)11-4-5-14-6-11/h7,9,11,14H,4-6,8H2,1-3H3. The molecule has 1 aliphatic heterocycles. The fourth-order valence-electron chi connectivity index (χ4n) is 2.21. The Hall–Kier alpha value is -1.36. The zero-order valence-corrected chi connectivity index (χ0v) is 11.3. The van der Waals surface area contributed by atoms with Gasteiger partial charge in [-0.3, -0.25) is 4.79 Å². The van der Waals surface area contributed by atoms with Crippen LogP contribution in [-0.2, 0) is 11.3 Å². The second kappa shape index (κ2) is 5.52. The van der Waals surface area contributed by atoms with Crippen molar-refractivity contribution in [3.63, 3.8) is 0 Å². The monoisotopic (exact) mass is 251 g/mol.